The zero-order chi connectivity index (χ0) is 24.3. The van der Waals surface area contributed by atoms with Gasteiger partial charge >= 0.3 is 0 Å². The molecule has 1 saturated carbocycles. The lowest BCUT2D eigenvalue weighted by Crippen LogP contribution is -2.58. The Hall–Kier alpha value is -3.07. The van der Waals surface area contributed by atoms with E-state index in [-0.39, 0.29) is 23.1 Å². The van der Waals surface area contributed by atoms with E-state index < -0.39 is 25.9 Å². The molecule has 0 radical (unpaired) electrons. The second-order valence-corrected chi connectivity index (χ2v) is 12.0. The van der Waals surface area contributed by atoms with Crippen molar-refractivity contribution in [2.75, 3.05) is 12.9 Å². The first-order chi connectivity index (χ1) is 16.1. The third-order valence-electron chi connectivity index (χ3n) is 7.22. The van der Waals surface area contributed by atoms with Crippen LogP contribution < -0.4 is 10.5 Å². The molecule has 2 aromatic heterocycles. The highest BCUT2D eigenvalue weighted by Gasteiger charge is 2.58. The third-order valence-corrected chi connectivity index (χ3v) is 9.99. The summed E-state index contributed by atoms with van der Waals surface area (Å²) in [5, 5.41) is 0.883. The van der Waals surface area contributed by atoms with Gasteiger partial charge in [0.25, 0.3) is 0 Å². The molecule has 0 bridgehead atoms. The minimum Gasteiger partial charge on any atom is -0.495 e. The zero-order valence-electron chi connectivity index (χ0n) is 19.4. The molecule has 34 heavy (non-hydrogen) atoms. The summed E-state index contributed by atoms with van der Waals surface area (Å²) in [5.41, 5.74) is 7.39. The fourth-order valence-electron chi connectivity index (χ4n) is 4.95. The monoisotopic (exact) mass is 482 g/mol. The average Bonchev–Trinajstić information content (AvgIpc) is 3.64. The van der Waals surface area contributed by atoms with Crippen molar-refractivity contribution in [1.29, 1.82) is 0 Å². The Kier molecular flexibility index (Phi) is 5.16. The summed E-state index contributed by atoms with van der Waals surface area (Å²) in [4.78, 5) is 13.6. The van der Waals surface area contributed by atoms with Gasteiger partial charge in [0.05, 0.1) is 30.3 Å². The van der Waals surface area contributed by atoms with E-state index in [0.29, 0.717) is 12.2 Å². The molecule has 3 aromatic rings. The molecule has 0 spiro atoms. The zero-order valence-corrected chi connectivity index (χ0v) is 20.2. The van der Waals surface area contributed by atoms with E-state index in [1.807, 2.05) is 12.1 Å². The molecule has 178 valence electrons. The maximum atomic E-state index is 15.1. The Morgan fingerprint density at radius 2 is 1.94 bits per heavy atom. The number of hydrogen-bond acceptors (Lipinski definition) is 7. The van der Waals surface area contributed by atoms with Gasteiger partial charge in [-0.1, -0.05) is 12.1 Å². The summed E-state index contributed by atoms with van der Waals surface area (Å²) in [5.74, 6) is -0.106. The lowest BCUT2D eigenvalue weighted by atomic mass is 9.90. The number of hydrogen-bond donors (Lipinski definition) is 1. The second-order valence-electron chi connectivity index (χ2n) is 9.61. The summed E-state index contributed by atoms with van der Waals surface area (Å²) in [7, 11) is -2.06. The SMILES string of the molecule is COc1cnc2c(Cc3ccc(F)c([C@]4(C)CS(=O)(=O)[C@@](C)(C5CC5)C(N)=N4)c3)nccc2c1. The quantitative estimate of drug-likeness (QED) is 0.596. The van der Waals surface area contributed by atoms with Crippen LogP contribution in [0.2, 0.25) is 0 Å². The lowest BCUT2D eigenvalue weighted by molar-refractivity contribution is 0.413. The van der Waals surface area contributed by atoms with Crippen molar-refractivity contribution in [2.45, 2.75) is 43.4 Å². The molecule has 7 nitrogen and oxygen atoms in total. The molecule has 3 heterocycles. The summed E-state index contributed by atoms with van der Waals surface area (Å²) in [6.45, 7) is 3.29. The number of methoxy groups -OCH3 is 1. The van der Waals surface area contributed by atoms with Crippen molar-refractivity contribution in [2.24, 2.45) is 16.6 Å². The second kappa shape index (κ2) is 7.73. The van der Waals surface area contributed by atoms with E-state index in [1.54, 1.807) is 45.5 Å². The fraction of sp³-hybridized carbons (Fsp3) is 0.400. The first-order valence-electron chi connectivity index (χ1n) is 11.2. The van der Waals surface area contributed by atoms with Crippen molar-refractivity contribution in [3.8, 4) is 5.75 Å². The molecule has 2 N–H and O–H groups in total. The van der Waals surface area contributed by atoms with E-state index in [1.165, 1.54) is 6.07 Å². The molecule has 1 fully saturated rings. The van der Waals surface area contributed by atoms with Gasteiger partial charge in [0.1, 0.15) is 27.7 Å². The Morgan fingerprint density at radius 3 is 2.62 bits per heavy atom. The van der Waals surface area contributed by atoms with Gasteiger partial charge in [-0.15, -0.1) is 0 Å². The van der Waals surface area contributed by atoms with E-state index in [4.69, 9.17) is 10.5 Å². The van der Waals surface area contributed by atoms with E-state index in [2.05, 4.69) is 15.0 Å². The first-order valence-corrected chi connectivity index (χ1v) is 12.9. The minimum absolute atomic E-state index is 0.0226. The Bertz CT molecular complexity index is 1440. The normalized spacial score (nSPS) is 26.3. The highest BCUT2D eigenvalue weighted by Crippen LogP contribution is 2.49. The lowest BCUT2D eigenvalue weighted by Gasteiger charge is -2.40. The predicted molar refractivity (Wildman–Crippen MR) is 129 cm³/mol. The molecule has 0 amide bonds. The van der Waals surface area contributed by atoms with Crippen LogP contribution in [0.25, 0.3) is 10.9 Å². The van der Waals surface area contributed by atoms with Gasteiger partial charge in [0, 0.05) is 23.6 Å². The molecular weight excluding hydrogens is 455 g/mol. The number of pyridine rings is 2. The van der Waals surface area contributed by atoms with Gasteiger partial charge in [0.15, 0.2) is 9.84 Å². The van der Waals surface area contributed by atoms with Crippen LogP contribution >= 0.6 is 0 Å². The Balaban J connectivity index is 1.54. The van der Waals surface area contributed by atoms with Crippen LogP contribution in [0.15, 0.2) is 47.7 Å². The van der Waals surface area contributed by atoms with Crippen LogP contribution in [0.5, 0.6) is 5.75 Å². The number of benzene rings is 1. The maximum Gasteiger partial charge on any atom is 0.165 e. The largest absolute Gasteiger partial charge is 0.495 e. The fourth-order valence-corrected chi connectivity index (χ4v) is 7.32. The molecule has 1 aromatic carbocycles. The first kappa shape index (κ1) is 22.7. The van der Waals surface area contributed by atoms with Gasteiger partial charge < -0.3 is 10.5 Å². The smallest absolute Gasteiger partial charge is 0.165 e. The number of fused-ring (bicyclic) bond motifs is 1. The van der Waals surface area contributed by atoms with Gasteiger partial charge in [0.2, 0.25) is 0 Å². The highest BCUT2D eigenvalue weighted by atomic mass is 32.2. The van der Waals surface area contributed by atoms with Gasteiger partial charge in [-0.3, -0.25) is 15.0 Å². The standard InChI is InChI=1S/C25H27FN4O3S/c1-24(14-34(31,32)25(2,17-5-6-17)23(27)30-24)19-10-15(4-7-20(19)26)11-21-22-16(8-9-28-21)12-18(33-3)13-29-22/h4,7-10,12-13,17H,5-6,11,14H2,1-3H3,(H2,27,30)/t24-,25-/m0/s1. The number of rotatable bonds is 5. The van der Waals surface area contributed by atoms with E-state index in [9.17, 15) is 8.42 Å². The van der Waals surface area contributed by atoms with Crippen LogP contribution in [0.1, 0.15) is 43.5 Å². The predicted octanol–water partition coefficient (Wildman–Crippen LogP) is 3.54. The van der Waals surface area contributed by atoms with Crippen molar-refractivity contribution < 1.29 is 17.5 Å². The van der Waals surface area contributed by atoms with Crippen molar-refractivity contribution in [3.63, 3.8) is 0 Å². The molecule has 0 unspecified atom stereocenters. The van der Waals surface area contributed by atoms with Crippen LogP contribution in [0, 0.1) is 11.7 Å². The van der Waals surface area contributed by atoms with Crippen LogP contribution in [-0.2, 0) is 21.8 Å². The van der Waals surface area contributed by atoms with Gasteiger partial charge in [-0.05, 0) is 56.4 Å². The number of nitrogens with two attached hydrogens (primary N) is 1. The number of nitrogens with zero attached hydrogens (tertiary/aromatic N) is 3. The summed E-state index contributed by atoms with van der Waals surface area (Å²) in [6.07, 6.45) is 5.34. The summed E-state index contributed by atoms with van der Waals surface area (Å²) in [6, 6.07) is 8.43. The molecule has 2 atom stereocenters. The van der Waals surface area contributed by atoms with Crippen LogP contribution in [0.4, 0.5) is 4.39 Å². The molecule has 5 rings (SSSR count). The number of amidine groups is 1. The van der Waals surface area contributed by atoms with E-state index in [0.717, 1.165) is 35.0 Å². The topological polar surface area (TPSA) is 108 Å². The van der Waals surface area contributed by atoms with Crippen LogP contribution in [-0.4, -0.2) is 41.8 Å². The number of sulfone groups is 1. The van der Waals surface area contributed by atoms with Crippen molar-refractivity contribution in [1.82, 2.24) is 9.97 Å². The van der Waals surface area contributed by atoms with Crippen molar-refractivity contribution >= 4 is 26.6 Å². The summed E-state index contributed by atoms with van der Waals surface area (Å²) < 4.78 is 45.9. The maximum absolute atomic E-state index is 15.1. The Morgan fingerprint density at radius 1 is 1.18 bits per heavy atom. The molecule has 1 aliphatic heterocycles. The van der Waals surface area contributed by atoms with Crippen LogP contribution in [0.3, 0.4) is 0 Å². The van der Waals surface area contributed by atoms with Gasteiger partial charge in [-0.2, -0.15) is 0 Å². The molecule has 2 aliphatic rings. The van der Waals surface area contributed by atoms with Gasteiger partial charge in [-0.25, -0.2) is 12.8 Å². The Labute approximate surface area is 198 Å². The van der Waals surface area contributed by atoms with E-state index >= 15 is 4.39 Å². The number of aromatic nitrogens is 2. The molecule has 9 heteroatoms. The van der Waals surface area contributed by atoms with Crippen molar-refractivity contribution in [3.05, 3.63) is 65.4 Å². The number of ether oxygens (including phenoxy) is 1. The molecule has 0 saturated heterocycles. The average molecular weight is 483 g/mol. The number of aliphatic imine (C=N–C) groups is 1. The minimum atomic E-state index is -3.65. The molecule has 1 aliphatic carbocycles. The number of halogens is 1. The molecular formula is C25H27FN4O3S. The third kappa shape index (κ3) is 3.53. The summed E-state index contributed by atoms with van der Waals surface area (Å²) >= 11 is 0. The highest BCUT2D eigenvalue weighted by molar-refractivity contribution is 7.93.